The van der Waals surface area contributed by atoms with Gasteiger partial charge in [-0.3, -0.25) is 9.59 Å². The van der Waals surface area contributed by atoms with Gasteiger partial charge in [-0.15, -0.1) is 0 Å². The van der Waals surface area contributed by atoms with Crippen LogP contribution in [0.15, 0.2) is 48.5 Å². The molecule has 0 aliphatic rings. The number of nitrogens with one attached hydrogen (secondary N) is 1. The van der Waals surface area contributed by atoms with Crippen LogP contribution >= 0.6 is 0 Å². The van der Waals surface area contributed by atoms with Crippen LogP contribution in [-0.4, -0.2) is 35.9 Å². The number of hydrogen-bond acceptors (Lipinski definition) is 3. The Bertz CT molecular complexity index is 902. The maximum absolute atomic E-state index is 13.3. The molecule has 2 aromatic carbocycles. The number of aryl methyl sites for hydroxylation is 1. The fourth-order valence-corrected chi connectivity index (χ4v) is 3.56. The van der Waals surface area contributed by atoms with Crippen molar-refractivity contribution in [3.63, 3.8) is 0 Å². The Morgan fingerprint density at radius 3 is 2.47 bits per heavy atom. The second-order valence-corrected chi connectivity index (χ2v) is 9.37. The van der Waals surface area contributed by atoms with Crippen LogP contribution in [0.2, 0.25) is 0 Å². The van der Waals surface area contributed by atoms with Gasteiger partial charge in [0.2, 0.25) is 5.91 Å². The number of unbranched alkanes of at least 4 members (excludes halogenated alkanes) is 1. The third-order valence-electron chi connectivity index (χ3n) is 5.48. The number of hydrogen-bond donors (Lipinski definition) is 1. The van der Waals surface area contributed by atoms with E-state index in [1.165, 1.54) is 0 Å². The van der Waals surface area contributed by atoms with Gasteiger partial charge in [0, 0.05) is 13.1 Å². The zero-order valence-electron chi connectivity index (χ0n) is 20.4. The standard InChI is InChI=1S/C27H38N2O3/c1-7-8-16-28-26(31)21(3)29(18-22-13-11-12-20(2)17-22)25(30)19-32-24-15-10-9-14-23(24)27(4,5)6/h9-15,17,21H,7-8,16,18-19H2,1-6H3,(H,28,31)/t21-/m1/s1. The van der Waals surface area contributed by atoms with E-state index in [0.717, 1.165) is 29.5 Å². The lowest BCUT2D eigenvalue weighted by Crippen LogP contribution is -2.49. The molecule has 0 radical (unpaired) electrons. The van der Waals surface area contributed by atoms with Gasteiger partial charge in [-0.1, -0.05) is 82.1 Å². The second kappa shape index (κ2) is 11.7. The number of ether oxygens (including phenoxy) is 1. The van der Waals surface area contributed by atoms with E-state index in [2.05, 4.69) is 33.0 Å². The molecule has 2 rings (SSSR count). The monoisotopic (exact) mass is 438 g/mol. The van der Waals surface area contributed by atoms with Crippen molar-refractivity contribution in [3.05, 3.63) is 65.2 Å². The molecule has 1 N–H and O–H groups in total. The Labute approximate surface area is 193 Å². The molecule has 0 spiro atoms. The summed E-state index contributed by atoms with van der Waals surface area (Å²) in [7, 11) is 0. The summed E-state index contributed by atoms with van der Waals surface area (Å²) in [6, 6.07) is 15.2. The average molecular weight is 439 g/mol. The smallest absolute Gasteiger partial charge is 0.261 e. The minimum atomic E-state index is -0.596. The molecule has 0 aliphatic heterocycles. The van der Waals surface area contributed by atoms with Crippen molar-refractivity contribution in [2.45, 2.75) is 72.4 Å². The van der Waals surface area contributed by atoms with E-state index < -0.39 is 6.04 Å². The first kappa shape index (κ1) is 25.4. The fourth-order valence-electron chi connectivity index (χ4n) is 3.56. The van der Waals surface area contributed by atoms with Crippen molar-refractivity contribution in [1.82, 2.24) is 10.2 Å². The molecule has 5 nitrogen and oxygen atoms in total. The van der Waals surface area contributed by atoms with E-state index in [1.807, 2.05) is 55.5 Å². The van der Waals surface area contributed by atoms with Gasteiger partial charge < -0.3 is 15.0 Å². The molecule has 2 amide bonds. The van der Waals surface area contributed by atoms with Crippen LogP contribution in [-0.2, 0) is 21.5 Å². The van der Waals surface area contributed by atoms with Crippen LogP contribution in [0.5, 0.6) is 5.75 Å². The first-order chi connectivity index (χ1) is 15.1. The Kier molecular flexibility index (Phi) is 9.30. The molecular weight excluding hydrogens is 400 g/mol. The van der Waals surface area contributed by atoms with Gasteiger partial charge >= 0.3 is 0 Å². The first-order valence-electron chi connectivity index (χ1n) is 11.5. The van der Waals surface area contributed by atoms with Gasteiger partial charge in [0.15, 0.2) is 6.61 Å². The lowest BCUT2D eigenvalue weighted by Gasteiger charge is -2.29. The molecule has 0 unspecified atom stereocenters. The van der Waals surface area contributed by atoms with E-state index in [-0.39, 0.29) is 23.8 Å². The highest BCUT2D eigenvalue weighted by molar-refractivity contribution is 5.88. The minimum Gasteiger partial charge on any atom is -0.483 e. The highest BCUT2D eigenvalue weighted by Gasteiger charge is 2.27. The van der Waals surface area contributed by atoms with Gasteiger partial charge in [-0.2, -0.15) is 0 Å². The van der Waals surface area contributed by atoms with Crippen molar-refractivity contribution in [1.29, 1.82) is 0 Å². The minimum absolute atomic E-state index is 0.104. The molecule has 0 saturated heterocycles. The predicted molar refractivity (Wildman–Crippen MR) is 130 cm³/mol. The first-order valence-corrected chi connectivity index (χ1v) is 11.5. The number of carbonyl (C=O) groups is 2. The molecule has 32 heavy (non-hydrogen) atoms. The average Bonchev–Trinajstić information content (AvgIpc) is 2.75. The summed E-state index contributed by atoms with van der Waals surface area (Å²) in [6.45, 7) is 13.1. The summed E-state index contributed by atoms with van der Waals surface area (Å²) in [5.41, 5.74) is 3.04. The highest BCUT2D eigenvalue weighted by atomic mass is 16.5. The summed E-state index contributed by atoms with van der Waals surface area (Å²) < 4.78 is 5.97. The third kappa shape index (κ3) is 7.40. The normalized spacial score (nSPS) is 12.2. The Hall–Kier alpha value is -2.82. The lowest BCUT2D eigenvalue weighted by atomic mass is 9.86. The van der Waals surface area contributed by atoms with Crippen molar-refractivity contribution in [3.8, 4) is 5.75 Å². The van der Waals surface area contributed by atoms with E-state index in [1.54, 1.807) is 11.8 Å². The number of carbonyl (C=O) groups excluding carboxylic acids is 2. The Morgan fingerprint density at radius 1 is 1.09 bits per heavy atom. The summed E-state index contributed by atoms with van der Waals surface area (Å²) in [5, 5.41) is 2.95. The van der Waals surface area contributed by atoms with Crippen molar-refractivity contribution >= 4 is 11.8 Å². The summed E-state index contributed by atoms with van der Waals surface area (Å²) >= 11 is 0. The maximum atomic E-state index is 13.3. The van der Waals surface area contributed by atoms with Crippen LogP contribution < -0.4 is 10.1 Å². The Morgan fingerprint density at radius 2 is 1.81 bits per heavy atom. The molecule has 0 fully saturated rings. The van der Waals surface area contributed by atoms with Crippen LogP contribution in [0.4, 0.5) is 0 Å². The van der Waals surface area contributed by atoms with Gasteiger partial charge in [-0.25, -0.2) is 0 Å². The third-order valence-corrected chi connectivity index (χ3v) is 5.48. The molecule has 0 saturated carbocycles. The SMILES string of the molecule is CCCCNC(=O)[C@@H](C)N(Cc1cccc(C)c1)C(=O)COc1ccccc1C(C)(C)C. The topological polar surface area (TPSA) is 58.6 Å². The molecule has 2 aromatic rings. The number of nitrogens with zero attached hydrogens (tertiary/aromatic N) is 1. The molecular formula is C27H38N2O3. The molecule has 0 aliphatic carbocycles. The van der Waals surface area contributed by atoms with Gasteiger partial charge in [-0.05, 0) is 42.9 Å². The van der Waals surface area contributed by atoms with E-state index in [9.17, 15) is 9.59 Å². The van der Waals surface area contributed by atoms with Gasteiger partial charge in [0.05, 0.1) is 0 Å². The molecule has 5 heteroatoms. The van der Waals surface area contributed by atoms with E-state index >= 15 is 0 Å². The van der Waals surface area contributed by atoms with Crippen molar-refractivity contribution < 1.29 is 14.3 Å². The van der Waals surface area contributed by atoms with Crippen molar-refractivity contribution in [2.24, 2.45) is 0 Å². The molecule has 0 heterocycles. The number of para-hydroxylation sites is 1. The van der Waals surface area contributed by atoms with Gasteiger partial charge in [0.25, 0.3) is 5.91 Å². The molecule has 1 atom stereocenters. The Balaban J connectivity index is 2.19. The zero-order valence-corrected chi connectivity index (χ0v) is 20.4. The number of rotatable bonds is 10. The predicted octanol–water partition coefficient (Wildman–Crippen LogP) is 5.00. The van der Waals surface area contributed by atoms with E-state index in [0.29, 0.717) is 18.8 Å². The number of benzene rings is 2. The van der Waals surface area contributed by atoms with Crippen LogP contribution in [0.25, 0.3) is 0 Å². The number of amides is 2. The van der Waals surface area contributed by atoms with Crippen LogP contribution in [0.1, 0.15) is 64.2 Å². The highest BCUT2D eigenvalue weighted by Crippen LogP contribution is 2.31. The lowest BCUT2D eigenvalue weighted by molar-refractivity contribution is -0.142. The molecule has 0 aromatic heterocycles. The van der Waals surface area contributed by atoms with E-state index in [4.69, 9.17) is 4.74 Å². The second-order valence-electron chi connectivity index (χ2n) is 9.37. The summed E-state index contributed by atoms with van der Waals surface area (Å²) in [4.78, 5) is 27.6. The fraction of sp³-hybridized carbons (Fsp3) is 0.481. The zero-order chi connectivity index (χ0) is 23.7. The summed E-state index contributed by atoms with van der Waals surface area (Å²) in [6.07, 6.45) is 1.92. The molecule has 0 bridgehead atoms. The van der Waals surface area contributed by atoms with Crippen molar-refractivity contribution in [2.75, 3.05) is 13.2 Å². The molecule has 174 valence electrons. The quantitative estimate of drug-likeness (QED) is 0.531. The largest absolute Gasteiger partial charge is 0.483 e. The maximum Gasteiger partial charge on any atom is 0.261 e. The van der Waals surface area contributed by atoms with Crippen LogP contribution in [0.3, 0.4) is 0 Å². The van der Waals surface area contributed by atoms with Crippen LogP contribution in [0, 0.1) is 6.92 Å². The summed E-state index contributed by atoms with van der Waals surface area (Å²) in [5.74, 6) is 0.340. The van der Waals surface area contributed by atoms with Gasteiger partial charge in [0.1, 0.15) is 11.8 Å².